The van der Waals surface area contributed by atoms with Crippen molar-refractivity contribution in [2.45, 2.75) is 32.1 Å². The Labute approximate surface area is 186 Å². The van der Waals surface area contributed by atoms with Crippen LogP contribution in [0.3, 0.4) is 0 Å². The highest BCUT2D eigenvalue weighted by Gasteiger charge is 2.42. The van der Waals surface area contributed by atoms with Crippen molar-refractivity contribution in [2.24, 2.45) is 10.4 Å². The number of halogens is 3. The summed E-state index contributed by atoms with van der Waals surface area (Å²) in [7, 11) is 5.35. The van der Waals surface area contributed by atoms with Gasteiger partial charge in [0.2, 0.25) is 5.91 Å². The number of hydrogen-bond donors (Lipinski definition) is 2. The van der Waals surface area contributed by atoms with Gasteiger partial charge in [-0.2, -0.15) is 0 Å². The molecule has 1 aromatic rings. The molecule has 2 rings (SSSR count). The second-order valence-electron chi connectivity index (χ2n) is 7.04. The second-order valence-corrected chi connectivity index (χ2v) is 7.89. The molecule has 1 aliphatic rings. The molecular formula is C19H29BrFIN4O. The van der Waals surface area contributed by atoms with Gasteiger partial charge in [-0.3, -0.25) is 9.79 Å². The van der Waals surface area contributed by atoms with Gasteiger partial charge in [0.25, 0.3) is 0 Å². The Morgan fingerprint density at radius 3 is 2.52 bits per heavy atom. The third kappa shape index (κ3) is 6.58. The van der Waals surface area contributed by atoms with Crippen LogP contribution in [0.1, 0.15) is 31.2 Å². The Kier molecular flexibility index (Phi) is 10.0. The van der Waals surface area contributed by atoms with Gasteiger partial charge < -0.3 is 15.5 Å². The molecule has 1 aliphatic carbocycles. The summed E-state index contributed by atoms with van der Waals surface area (Å²) < 4.78 is 13.8. The molecule has 1 fully saturated rings. The summed E-state index contributed by atoms with van der Waals surface area (Å²) in [6.07, 6.45) is 4.76. The quantitative estimate of drug-likeness (QED) is 0.321. The number of nitrogens with one attached hydrogen (secondary N) is 2. The van der Waals surface area contributed by atoms with E-state index in [2.05, 4.69) is 31.6 Å². The summed E-state index contributed by atoms with van der Waals surface area (Å²) in [4.78, 5) is 18.6. The molecule has 1 amide bonds. The predicted molar refractivity (Wildman–Crippen MR) is 122 cm³/mol. The van der Waals surface area contributed by atoms with Crippen molar-refractivity contribution in [3.05, 3.63) is 34.1 Å². The third-order valence-corrected chi connectivity index (χ3v) is 5.54. The summed E-state index contributed by atoms with van der Waals surface area (Å²) in [5, 5.41) is 6.58. The van der Waals surface area contributed by atoms with E-state index in [4.69, 9.17) is 0 Å². The minimum Gasteiger partial charge on any atom is -0.356 e. The molecule has 0 heterocycles. The van der Waals surface area contributed by atoms with E-state index in [9.17, 15) is 9.18 Å². The van der Waals surface area contributed by atoms with Crippen molar-refractivity contribution in [1.29, 1.82) is 0 Å². The average Bonchev–Trinajstić information content (AvgIpc) is 3.10. The number of nitrogens with zero attached hydrogens (tertiary/aromatic N) is 2. The lowest BCUT2D eigenvalue weighted by molar-refractivity contribution is -0.138. The summed E-state index contributed by atoms with van der Waals surface area (Å²) >= 11 is 3.21. The minimum atomic E-state index is -0.330. The van der Waals surface area contributed by atoms with Crippen LogP contribution >= 0.6 is 39.9 Å². The van der Waals surface area contributed by atoms with Gasteiger partial charge in [0.1, 0.15) is 5.82 Å². The molecule has 152 valence electrons. The van der Waals surface area contributed by atoms with Gasteiger partial charge in [-0.05, 0) is 52.9 Å². The maximum Gasteiger partial charge on any atom is 0.230 e. The van der Waals surface area contributed by atoms with Gasteiger partial charge in [-0.1, -0.05) is 18.9 Å². The smallest absolute Gasteiger partial charge is 0.230 e. The summed E-state index contributed by atoms with van der Waals surface area (Å²) in [6, 6.07) is 5.03. The topological polar surface area (TPSA) is 56.7 Å². The molecule has 0 aliphatic heterocycles. The molecule has 0 bridgehead atoms. The number of guanidine groups is 1. The normalized spacial score (nSPS) is 15.8. The highest BCUT2D eigenvalue weighted by molar-refractivity contribution is 14.0. The Morgan fingerprint density at radius 2 is 1.96 bits per heavy atom. The van der Waals surface area contributed by atoms with Crippen molar-refractivity contribution >= 4 is 51.8 Å². The van der Waals surface area contributed by atoms with Crippen LogP contribution in [0, 0.1) is 11.2 Å². The third-order valence-electron chi connectivity index (χ3n) is 4.93. The predicted octanol–water partition coefficient (Wildman–Crippen LogP) is 3.56. The maximum absolute atomic E-state index is 13.3. The van der Waals surface area contributed by atoms with Crippen molar-refractivity contribution in [3.8, 4) is 0 Å². The molecular weight excluding hydrogens is 526 g/mol. The van der Waals surface area contributed by atoms with Crippen LogP contribution < -0.4 is 10.6 Å². The number of benzene rings is 1. The van der Waals surface area contributed by atoms with Gasteiger partial charge in [-0.15, -0.1) is 24.0 Å². The first-order valence-electron chi connectivity index (χ1n) is 8.98. The van der Waals surface area contributed by atoms with E-state index in [0.29, 0.717) is 23.5 Å². The fraction of sp³-hybridized carbons (Fsp3) is 0.579. The van der Waals surface area contributed by atoms with Crippen molar-refractivity contribution in [2.75, 3.05) is 34.2 Å². The lowest BCUT2D eigenvalue weighted by atomic mass is 9.84. The number of carbonyl (C=O) groups is 1. The summed E-state index contributed by atoms with van der Waals surface area (Å²) in [6.45, 7) is 1.26. The monoisotopic (exact) mass is 554 g/mol. The first-order valence-corrected chi connectivity index (χ1v) is 9.77. The second kappa shape index (κ2) is 11.2. The van der Waals surface area contributed by atoms with Crippen molar-refractivity contribution in [1.82, 2.24) is 15.5 Å². The van der Waals surface area contributed by atoms with E-state index in [1.807, 2.05) is 14.1 Å². The summed E-state index contributed by atoms with van der Waals surface area (Å²) in [5.74, 6) is 0.615. The van der Waals surface area contributed by atoms with Crippen LogP contribution in [0.2, 0.25) is 0 Å². The Hall–Kier alpha value is -0.900. The SMILES string of the molecule is CN=C(NCCc1ccc(F)c(Br)c1)NCC1(C(=O)N(C)C)CCCC1.I. The number of rotatable bonds is 6. The zero-order valence-electron chi connectivity index (χ0n) is 16.1. The largest absolute Gasteiger partial charge is 0.356 e. The lowest BCUT2D eigenvalue weighted by Gasteiger charge is -2.31. The lowest BCUT2D eigenvalue weighted by Crippen LogP contribution is -2.49. The van der Waals surface area contributed by atoms with E-state index in [1.54, 1.807) is 24.1 Å². The van der Waals surface area contributed by atoms with Gasteiger partial charge >= 0.3 is 0 Å². The van der Waals surface area contributed by atoms with E-state index in [0.717, 1.165) is 37.7 Å². The number of amides is 1. The molecule has 0 atom stereocenters. The maximum atomic E-state index is 13.3. The Morgan fingerprint density at radius 1 is 1.30 bits per heavy atom. The molecule has 0 unspecified atom stereocenters. The van der Waals surface area contributed by atoms with Crippen LogP contribution in [-0.4, -0.2) is 51.0 Å². The van der Waals surface area contributed by atoms with E-state index in [-0.39, 0.29) is 41.1 Å². The average molecular weight is 555 g/mol. The van der Waals surface area contributed by atoms with Crippen LogP contribution in [0.4, 0.5) is 4.39 Å². The molecule has 0 spiro atoms. The zero-order valence-corrected chi connectivity index (χ0v) is 20.1. The van der Waals surface area contributed by atoms with E-state index >= 15 is 0 Å². The number of carbonyl (C=O) groups excluding carboxylic acids is 1. The first-order chi connectivity index (χ1) is 12.4. The molecule has 5 nitrogen and oxygen atoms in total. The Balaban J connectivity index is 0.00000364. The van der Waals surface area contributed by atoms with Crippen LogP contribution in [-0.2, 0) is 11.2 Å². The van der Waals surface area contributed by atoms with Gasteiger partial charge in [0.05, 0.1) is 9.89 Å². The standard InChI is InChI=1S/C19H28BrFN4O.HI/c1-22-18(23-11-8-14-6-7-16(21)15(20)12-14)24-13-19(9-4-5-10-19)17(26)25(2)3;/h6-7,12H,4-5,8-11,13H2,1-3H3,(H2,22,23,24);1H. The van der Waals surface area contributed by atoms with Crippen LogP contribution in [0.15, 0.2) is 27.7 Å². The molecule has 27 heavy (non-hydrogen) atoms. The molecule has 0 aromatic heterocycles. The van der Waals surface area contributed by atoms with E-state index < -0.39 is 0 Å². The molecule has 0 saturated heterocycles. The number of hydrogen-bond acceptors (Lipinski definition) is 2. The fourth-order valence-corrected chi connectivity index (χ4v) is 3.91. The molecule has 1 saturated carbocycles. The first kappa shape index (κ1) is 24.1. The van der Waals surface area contributed by atoms with Crippen molar-refractivity contribution in [3.63, 3.8) is 0 Å². The van der Waals surface area contributed by atoms with Crippen molar-refractivity contribution < 1.29 is 9.18 Å². The van der Waals surface area contributed by atoms with Crippen LogP contribution in [0.25, 0.3) is 0 Å². The molecule has 2 N–H and O–H groups in total. The number of aliphatic imine (C=N–C) groups is 1. The Bertz CT molecular complexity index is 663. The van der Waals surface area contributed by atoms with E-state index in [1.165, 1.54) is 6.07 Å². The zero-order chi connectivity index (χ0) is 19.2. The summed E-state index contributed by atoms with van der Waals surface area (Å²) in [5.41, 5.74) is 0.708. The van der Waals surface area contributed by atoms with Gasteiger partial charge in [0.15, 0.2) is 5.96 Å². The molecule has 8 heteroatoms. The van der Waals surface area contributed by atoms with Gasteiger partial charge in [0, 0.05) is 34.2 Å². The molecule has 1 aromatic carbocycles. The van der Waals surface area contributed by atoms with Gasteiger partial charge in [-0.25, -0.2) is 4.39 Å². The highest BCUT2D eigenvalue weighted by atomic mass is 127. The highest BCUT2D eigenvalue weighted by Crippen LogP contribution is 2.38. The molecule has 0 radical (unpaired) electrons. The van der Waals surface area contributed by atoms with Crippen LogP contribution in [0.5, 0.6) is 0 Å². The fourth-order valence-electron chi connectivity index (χ4n) is 3.49. The minimum absolute atomic E-state index is 0.